The van der Waals surface area contributed by atoms with Gasteiger partial charge in [0, 0.05) is 35.6 Å². The summed E-state index contributed by atoms with van der Waals surface area (Å²) < 4.78 is 12.6. The van der Waals surface area contributed by atoms with Crippen LogP contribution in [-0.2, 0) is 35.9 Å². The second-order valence-corrected chi connectivity index (χ2v) is 16.5. The molecule has 6 aromatic carbocycles. The molecule has 1 heterocycles. The van der Waals surface area contributed by atoms with Crippen LogP contribution in [-0.4, -0.2) is 60.1 Å². The van der Waals surface area contributed by atoms with Gasteiger partial charge in [0.25, 0.3) is 0 Å². The fraction of sp³-hybridized carbons (Fsp3) is 0.259. The Morgan fingerprint density at radius 2 is 1.16 bits per heavy atom. The van der Waals surface area contributed by atoms with Gasteiger partial charge in [-0.15, -0.1) is 0 Å². The van der Waals surface area contributed by atoms with Crippen molar-refractivity contribution in [3.05, 3.63) is 203 Å². The number of carbonyl (C=O) groups excluding carboxylic acids is 4. The highest BCUT2D eigenvalue weighted by Gasteiger charge is 2.46. The lowest BCUT2D eigenvalue weighted by molar-refractivity contribution is -0.162. The minimum atomic E-state index is -1.32. The van der Waals surface area contributed by atoms with E-state index in [0.717, 1.165) is 44.5 Å². The van der Waals surface area contributed by atoms with Crippen molar-refractivity contribution in [1.29, 1.82) is 0 Å². The van der Waals surface area contributed by atoms with Crippen molar-refractivity contribution >= 4 is 23.9 Å². The van der Waals surface area contributed by atoms with Crippen molar-refractivity contribution in [3.8, 4) is 11.1 Å². The summed E-state index contributed by atoms with van der Waals surface area (Å²) >= 11 is 0. The lowest BCUT2D eigenvalue weighted by Crippen LogP contribution is -2.58. The highest BCUT2D eigenvalue weighted by atomic mass is 16.6. The highest BCUT2D eigenvalue weighted by molar-refractivity contribution is 5.94. The molecule has 320 valence electrons. The summed E-state index contributed by atoms with van der Waals surface area (Å²) in [4.78, 5) is 59.2. The van der Waals surface area contributed by atoms with E-state index in [1.54, 1.807) is 4.90 Å². The Labute approximate surface area is 369 Å². The fourth-order valence-electron chi connectivity index (χ4n) is 9.17. The number of fused-ring (bicyclic) bond motifs is 3. The third-order valence-corrected chi connectivity index (χ3v) is 12.6. The normalized spacial score (nSPS) is 15.9. The molecule has 1 aliphatic carbocycles. The quantitative estimate of drug-likeness (QED) is 0.0788. The maximum atomic E-state index is 14.9. The Morgan fingerprint density at radius 3 is 1.68 bits per heavy atom. The molecule has 2 aliphatic rings. The number of alkyl carbamates (subject to hydrolysis) is 1. The molecule has 4 atom stereocenters. The Kier molecular flexibility index (Phi) is 13.1. The van der Waals surface area contributed by atoms with E-state index >= 15 is 0 Å². The van der Waals surface area contributed by atoms with Gasteiger partial charge in [0.05, 0.1) is 0 Å². The summed E-state index contributed by atoms with van der Waals surface area (Å²) in [5, 5.41) is 5.86. The van der Waals surface area contributed by atoms with Crippen molar-refractivity contribution in [2.75, 3.05) is 13.2 Å². The molecule has 0 saturated carbocycles. The summed E-state index contributed by atoms with van der Waals surface area (Å²) in [5.41, 5.74) is 6.20. The monoisotopic (exact) mass is 839 g/mol. The fourth-order valence-corrected chi connectivity index (χ4v) is 9.17. The Bertz CT molecular complexity index is 2370. The van der Waals surface area contributed by atoms with Crippen molar-refractivity contribution in [2.24, 2.45) is 5.92 Å². The van der Waals surface area contributed by atoms with E-state index in [9.17, 15) is 19.2 Å². The van der Waals surface area contributed by atoms with E-state index in [0.29, 0.717) is 25.8 Å². The smallest absolute Gasteiger partial charge is 0.407 e. The third kappa shape index (κ3) is 9.00. The van der Waals surface area contributed by atoms with Crippen LogP contribution in [0.5, 0.6) is 0 Å². The molecule has 0 spiro atoms. The van der Waals surface area contributed by atoms with Gasteiger partial charge in [0.1, 0.15) is 24.7 Å². The molecule has 0 bridgehead atoms. The SMILES string of the molecule is CC[C@H](C)[C@H](NC(=O)OCC1c2ccccc2-c2ccccc21)C(=O)N[C@@H](Cc1ccccc1)C(=O)N1CCC[C@H]1C(=O)OC(c1ccccc1)(c1ccccc1)c1ccccc1. The van der Waals surface area contributed by atoms with Gasteiger partial charge in [-0.25, -0.2) is 9.59 Å². The van der Waals surface area contributed by atoms with Crippen molar-refractivity contribution < 1.29 is 28.7 Å². The molecule has 9 heteroatoms. The predicted octanol–water partition coefficient (Wildman–Crippen LogP) is 9.19. The van der Waals surface area contributed by atoms with E-state index in [-0.39, 0.29) is 24.9 Å². The largest absolute Gasteiger partial charge is 0.449 e. The number of likely N-dealkylation sites (tertiary alicyclic amines) is 1. The number of esters is 1. The summed E-state index contributed by atoms with van der Waals surface area (Å²) in [6.07, 6.45) is 0.994. The van der Waals surface area contributed by atoms with E-state index in [1.165, 1.54) is 0 Å². The van der Waals surface area contributed by atoms with Gasteiger partial charge >= 0.3 is 12.1 Å². The topological polar surface area (TPSA) is 114 Å². The minimum Gasteiger partial charge on any atom is -0.449 e. The number of carbonyl (C=O) groups is 4. The maximum Gasteiger partial charge on any atom is 0.407 e. The molecule has 0 unspecified atom stereocenters. The zero-order valence-electron chi connectivity index (χ0n) is 35.7. The molecular formula is C54H53N3O6. The van der Waals surface area contributed by atoms with E-state index in [4.69, 9.17) is 9.47 Å². The molecule has 1 fully saturated rings. The van der Waals surface area contributed by atoms with Crippen LogP contribution in [0.2, 0.25) is 0 Å². The van der Waals surface area contributed by atoms with Gasteiger partial charge in [-0.3, -0.25) is 9.59 Å². The van der Waals surface area contributed by atoms with Crippen molar-refractivity contribution in [3.63, 3.8) is 0 Å². The van der Waals surface area contributed by atoms with Crippen molar-refractivity contribution in [1.82, 2.24) is 15.5 Å². The van der Waals surface area contributed by atoms with Gasteiger partial charge in [-0.1, -0.05) is 190 Å². The summed E-state index contributed by atoms with van der Waals surface area (Å²) in [6.45, 7) is 4.22. The van der Waals surface area contributed by atoms with Crippen molar-refractivity contribution in [2.45, 2.75) is 69.2 Å². The number of hydrogen-bond donors (Lipinski definition) is 2. The average Bonchev–Trinajstić information content (AvgIpc) is 3.96. The average molecular weight is 840 g/mol. The van der Waals surface area contributed by atoms with Gasteiger partial charge in [0.15, 0.2) is 5.60 Å². The molecule has 1 saturated heterocycles. The van der Waals surface area contributed by atoms with Crippen LogP contribution in [0.25, 0.3) is 11.1 Å². The second-order valence-electron chi connectivity index (χ2n) is 16.5. The first kappa shape index (κ1) is 42.7. The first-order valence-corrected chi connectivity index (χ1v) is 21.9. The molecule has 63 heavy (non-hydrogen) atoms. The molecule has 0 radical (unpaired) electrons. The molecule has 6 aromatic rings. The molecule has 8 rings (SSSR count). The Hall–Kier alpha value is -7.00. The minimum absolute atomic E-state index is 0.0936. The molecule has 3 amide bonds. The van der Waals surface area contributed by atoms with Gasteiger partial charge in [-0.05, 0) is 46.6 Å². The molecule has 2 N–H and O–H groups in total. The maximum absolute atomic E-state index is 14.9. The summed E-state index contributed by atoms with van der Waals surface area (Å²) in [6, 6.07) is 51.6. The van der Waals surface area contributed by atoms with Crippen LogP contribution in [0.3, 0.4) is 0 Å². The van der Waals surface area contributed by atoms with Gasteiger partial charge in [0.2, 0.25) is 11.8 Å². The highest BCUT2D eigenvalue weighted by Crippen LogP contribution is 2.45. The second kappa shape index (κ2) is 19.4. The number of hydrogen-bond acceptors (Lipinski definition) is 6. The van der Waals surface area contributed by atoms with Crippen LogP contribution < -0.4 is 10.6 Å². The van der Waals surface area contributed by atoms with E-state index in [2.05, 4.69) is 34.9 Å². The van der Waals surface area contributed by atoms with E-state index in [1.807, 2.05) is 159 Å². The number of amides is 3. The van der Waals surface area contributed by atoms with Crippen LogP contribution in [0, 0.1) is 5.92 Å². The van der Waals surface area contributed by atoms with Crippen LogP contribution >= 0.6 is 0 Å². The van der Waals surface area contributed by atoms with Crippen LogP contribution in [0.4, 0.5) is 4.79 Å². The summed E-state index contributed by atoms with van der Waals surface area (Å²) in [7, 11) is 0. The first-order chi connectivity index (χ1) is 30.8. The van der Waals surface area contributed by atoms with Crippen LogP contribution in [0.1, 0.15) is 72.4 Å². The molecule has 0 aromatic heterocycles. The number of nitrogens with one attached hydrogen (secondary N) is 2. The van der Waals surface area contributed by atoms with Crippen LogP contribution in [0.15, 0.2) is 170 Å². The number of nitrogens with zero attached hydrogens (tertiary/aromatic N) is 1. The summed E-state index contributed by atoms with van der Waals surface area (Å²) in [5.74, 6) is -1.90. The molecular weight excluding hydrogens is 787 g/mol. The lowest BCUT2D eigenvalue weighted by Gasteiger charge is -2.37. The molecule has 1 aliphatic heterocycles. The standard InChI is InChI=1S/C54H53N3O6/c1-3-37(2)49(56-53(61)62-36-46-44-31-18-16-29-42(44)43-30-17-19-32-45(43)46)50(58)55-47(35-38-21-8-4-9-22-38)51(59)57-34-20-33-48(57)52(60)63-54(39-23-10-5-11-24-39,40-25-12-6-13-26-40)41-27-14-7-15-28-41/h4-19,21-32,37,46-49H,3,20,33-36H2,1-2H3,(H,55,58)(H,56,61)/t37-,47-,48-,49-/m0/s1. The van der Waals surface area contributed by atoms with E-state index < -0.39 is 47.6 Å². The van der Waals surface area contributed by atoms with Gasteiger partial charge in [-0.2, -0.15) is 0 Å². The predicted molar refractivity (Wildman–Crippen MR) is 244 cm³/mol. The number of ether oxygens (including phenoxy) is 2. The number of rotatable bonds is 15. The Balaban J connectivity index is 1.03. The zero-order valence-corrected chi connectivity index (χ0v) is 35.7. The Morgan fingerprint density at radius 1 is 0.667 bits per heavy atom. The number of benzene rings is 6. The zero-order chi connectivity index (χ0) is 43.8. The third-order valence-electron chi connectivity index (χ3n) is 12.6. The van der Waals surface area contributed by atoms with Gasteiger partial charge < -0.3 is 25.0 Å². The lowest BCUT2D eigenvalue weighted by atomic mass is 9.80. The molecule has 9 nitrogen and oxygen atoms in total. The first-order valence-electron chi connectivity index (χ1n) is 21.9.